The van der Waals surface area contributed by atoms with Gasteiger partial charge in [-0.2, -0.15) is 0 Å². The number of carbonyl (C=O) groups is 1. The molecule has 0 aromatic heterocycles. The standard InChI is InChI=1S/C10H12FNO3/c1-12-5-9(14)6-3-7(11)10(15-2)4-8(6)13/h3-4,12-13H,5H2,1-2H3. The fourth-order valence-corrected chi connectivity index (χ4v) is 1.18. The third-order valence-electron chi connectivity index (χ3n) is 1.91. The summed E-state index contributed by atoms with van der Waals surface area (Å²) in [6.07, 6.45) is 0. The van der Waals surface area contributed by atoms with Crippen LogP contribution in [-0.2, 0) is 0 Å². The number of rotatable bonds is 4. The number of nitrogens with one attached hydrogen (secondary N) is 1. The number of aromatic hydroxyl groups is 1. The summed E-state index contributed by atoms with van der Waals surface area (Å²) in [5, 5.41) is 12.1. The van der Waals surface area contributed by atoms with Crippen molar-refractivity contribution in [2.75, 3.05) is 20.7 Å². The Labute approximate surface area is 86.7 Å². The average molecular weight is 213 g/mol. The quantitative estimate of drug-likeness (QED) is 0.731. The van der Waals surface area contributed by atoms with E-state index >= 15 is 0 Å². The van der Waals surface area contributed by atoms with Gasteiger partial charge in [0.05, 0.1) is 19.2 Å². The zero-order chi connectivity index (χ0) is 11.4. The molecule has 2 N–H and O–H groups in total. The van der Waals surface area contributed by atoms with Crippen molar-refractivity contribution in [1.29, 1.82) is 0 Å². The Hall–Kier alpha value is -1.62. The van der Waals surface area contributed by atoms with E-state index in [1.165, 1.54) is 7.11 Å². The lowest BCUT2D eigenvalue weighted by atomic mass is 10.1. The first-order chi connectivity index (χ1) is 7.10. The predicted octanol–water partition coefficient (Wildman–Crippen LogP) is 0.942. The van der Waals surface area contributed by atoms with Crippen molar-refractivity contribution in [3.05, 3.63) is 23.5 Å². The highest BCUT2D eigenvalue weighted by Crippen LogP contribution is 2.27. The number of Topliss-reactive ketones (excluding diaryl/α,β-unsaturated/α-hetero) is 1. The van der Waals surface area contributed by atoms with Gasteiger partial charge in [0.2, 0.25) is 0 Å². The van der Waals surface area contributed by atoms with Crippen LogP contribution in [0.4, 0.5) is 4.39 Å². The lowest BCUT2D eigenvalue weighted by Crippen LogP contribution is -2.18. The maximum atomic E-state index is 13.2. The van der Waals surface area contributed by atoms with Crippen LogP contribution < -0.4 is 10.1 Å². The van der Waals surface area contributed by atoms with Crippen LogP contribution in [0.2, 0.25) is 0 Å². The van der Waals surface area contributed by atoms with E-state index in [1.807, 2.05) is 0 Å². The zero-order valence-electron chi connectivity index (χ0n) is 8.50. The summed E-state index contributed by atoms with van der Waals surface area (Å²) >= 11 is 0. The van der Waals surface area contributed by atoms with Gasteiger partial charge < -0.3 is 15.2 Å². The Bertz CT molecular complexity index is 379. The Morgan fingerprint density at radius 2 is 2.27 bits per heavy atom. The van der Waals surface area contributed by atoms with Gasteiger partial charge in [-0.25, -0.2) is 4.39 Å². The topological polar surface area (TPSA) is 58.6 Å². The molecule has 4 nitrogen and oxygen atoms in total. The van der Waals surface area contributed by atoms with Crippen LogP contribution in [0.1, 0.15) is 10.4 Å². The van der Waals surface area contributed by atoms with Crippen molar-refractivity contribution in [2.24, 2.45) is 0 Å². The normalized spacial score (nSPS) is 10.1. The summed E-state index contributed by atoms with van der Waals surface area (Å²) in [4.78, 5) is 11.4. The maximum Gasteiger partial charge on any atom is 0.180 e. The van der Waals surface area contributed by atoms with Gasteiger partial charge in [0.25, 0.3) is 0 Å². The Morgan fingerprint density at radius 1 is 1.60 bits per heavy atom. The van der Waals surface area contributed by atoms with E-state index in [1.54, 1.807) is 7.05 Å². The van der Waals surface area contributed by atoms with Crippen molar-refractivity contribution in [3.8, 4) is 11.5 Å². The summed E-state index contributed by atoms with van der Waals surface area (Å²) in [7, 11) is 2.88. The molecule has 0 saturated heterocycles. The van der Waals surface area contributed by atoms with E-state index in [9.17, 15) is 14.3 Å². The number of hydrogen-bond acceptors (Lipinski definition) is 4. The van der Waals surface area contributed by atoms with E-state index in [2.05, 4.69) is 10.1 Å². The number of hydrogen-bond donors (Lipinski definition) is 2. The minimum atomic E-state index is -0.672. The van der Waals surface area contributed by atoms with Crippen molar-refractivity contribution < 1.29 is 19.0 Å². The van der Waals surface area contributed by atoms with Gasteiger partial charge in [0, 0.05) is 6.07 Å². The summed E-state index contributed by atoms with van der Waals surface area (Å²) < 4.78 is 17.9. The van der Waals surface area contributed by atoms with Crippen molar-refractivity contribution >= 4 is 5.78 Å². The molecule has 0 bridgehead atoms. The van der Waals surface area contributed by atoms with E-state index in [-0.39, 0.29) is 29.4 Å². The van der Waals surface area contributed by atoms with Crippen molar-refractivity contribution in [3.63, 3.8) is 0 Å². The lowest BCUT2D eigenvalue weighted by Gasteiger charge is -2.07. The molecule has 0 amide bonds. The molecule has 5 heteroatoms. The first-order valence-electron chi connectivity index (χ1n) is 4.34. The van der Waals surface area contributed by atoms with Gasteiger partial charge in [-0.05, 0) is 13.1 Å². The molecular formula is C10H12FNO3. The molecule has 0 saturated carbocycles. The molecule has 0 atom stereocenters. The van der Waals surface area contributed by atoms with E-state index in [4.69, 9.17) is 0 Å². The summed E-state index contributed by atoms with van der Waals surface area (Å²) in [5.41, 5.74) is -0.0531. The van der Waals surface area contributed by atoms with E-state index in [0.717, 1.165) is 12.1 Å². The molecule has 0 aliphatic rings. The fourth-order valence-electron chi connectivity index (χ4n) is 1.18. The molecule has 0 radical (unpaired) electrons. The average Bonchev–Trinajstić information content (AvgIpc) is 2.21. The second-order valence-corrected chi connectivity index (χ2v) is 2.96. The van der Waals surface area contributed by atoms with Crippen LogP contribution in [-0.4, -0.2) is 31.6 Å². The molecule has 0 spiro atoms. The first kappa shape index (κ1) is 11.5. The van der Waals surface area contributed by atoms with Gasteiger partial charge in [0.15, 0.2) is 17.3 Å². The second-order valence-electron chi connectivity index (χ2n) is 2.96. The number of carbonyl (C=O) groups excluding carboxylic acids is 1. The molecule has 82 valence electrons. The molecule has 0 aliphatic heterocycles. The largest absolute Gasteiger partial charge is 0.507 e. The van der Waals surface area contributed by atoms with Crippen LogP contribution in [0.3, 0.4) is 0 Å². The van der Waals surface area contributed by atoms with Crippen molar-refractivity contribution in [2.45, 2.75) is 0 Å². The SMILES string of the molecule is CNCC(=O)c1cc(F)c(OC)cc1O. The van der Waals surface area contributed by atoms with Crippen LogP contribution in [0.15, 0.2) is 12.1 Å². The second kappa shape index (κ2) is 4.75. The highest BCUT2D eigenvalue weighted by atomic mass is 19.1. The summed E-state index contributed by atoms with van der Waals surface area (Å²) in [6, 6.07) is 2.05. The van der Waals surface area contributed by atoms with Gasteiger partial charge in [-0.15, -0.1) is 0 Å². The van der Waals surface area contributed by atoms with E-state index in [0.29, 0.717) is 0 Å². The fraction of sp³-hybridized carbons (Fsp3) is 0.300. The Morgan fingerprint density at radius 3 is 2.80 bits per heavy atom. The molecule has 0 heterocycles. The Balaban J connectivity index is 3.10. The number of methoxy groups -OCH3 is 1. The number of phenols is 1. The third kappa shape index (κ3) is 2.44. The number of ether oxygens (including phenoxy) is 1. The molecule has 1 aromatic carbocycles. The minimum absolute atomic E-state index is 0.0410. The van der Waals surface area contributed by atoms with Gasteiger partial charge in [0.1, 0.15) is 5.75 Å². The van der Waals surface area contributed by atoms with Crippen LogP contribution in [0.5, 0.6) is 11.5 Å². The molecule has 0 aliphatic carbocycles. The molecule has 1 aromatic rings. The number of likely N-dealkylation sites (N-methyl/N-ethyl adjacent to an activating group) is 1. The smallest absolute Gasteiger partial charge is 0.180 e. The zero-order valence-corrected chi connectivity index (χ0v) is 8.50. The monoisotopic (exact) mass is 213 g/mol. The third-order valence-corrected chi connectivity index (χ3v) is 1.91. The van der Waals surface area contributed by atoms with Crippen LogP contribution >= 0.6 is 0 Å². The number of ketones is 1. The van der Waals surface area contributed by atoms with E-state index < -0.39 is 5.82 Å². The highest BCUT2D eigenvalue weighted by Gasteiger charge is 2.15. The van der Waals surface area contributed by atoms with Crippen LogP contribution in [0, 0.1) is 5.82 Å². The number of benzene rings is 1. The molecular weight excluding hydrogens is 201 g/mol. The van der Waals surface area contributed by atoms with Crippen molar-refractivity contribution in [1.82, 2.24) is 5.32 Å². The minimum Gasteiger partial charge on any atom is -0.507 e. The number of halogens is 1. The summed E-state index contributed by atoms with van der Waals surface area (Å²) in [5.74, 6) is -1.42. The maximum absolute atomic E-state index is 13.2. The van der Waals surface area contributed by atoms with Gasteiger partial charge in [-0.3, -0.25) is 4.79 Å². The predicted molar refractivity (Wildman–Crippen MR) is 52.9 cm³/mol. The molecule has 1 rings (SSSR count). The molecule has 0 fully saturated rings. The molecule has 0 unspecified atom stereocenters. The van der Waals surface area contributed by atoms with Gasteiger partial charge in [-0.1, -0.05) is 0 Å². The molecule has 15 heavy (non-hydrogen) atoms. The first-order valence-corrected chi connectivity index (χ1v) is 4.34. The Kier molecular flexibility index (Phi) is 3.62. The van der Waals surface area contributed by atoms with Gasteiger partial charge >= 0.3 is 0 Å². The summed E-state index contributed by atoms with van der Waals surface area (Å²) in [6.45, 7) is 0.0410. The van der Waals surface area contributed by atoms with Crippen LogP contribution in [0.25, 0.3) is 0 Å². The highest BCUT2D eigenvalue weighted by molar-refractivity contribution is 6.00. The lowest BCUT2D eigenvalue weighted by molar-refractivity contribution is 0.0990. The number of phenolic OH excluding ortho intramolecular Hbond substituents is 1.